The molecule has 0 unspecified atom stereocenters. The van der Waals surface area contributed by atoms with Crippen molar-refractivity contribution in [1.29, 1.82) is 0 Å². The quantitative estimate of drug-likeness (QED) is 0.632. The van der Waals surface area contributed by atoms with E-state index >= 15 is 0 Å². The predicted octanol–water partition coefficient (Wildman–Crippen LogP) is 3.03. The number of anilines is 1. The Labute approximate surface area is 153 Å². The van der Waals surface area contributed by atoms with Crippen molar-refractivity contribution in [3.05, 3.63) is 42.1 Å². The molecule has 1 N–H and O–H groups in total. The summed E-state index contributed by atoms with van der Waals surface area (Å²) in [7, 11) is 1.68. The Hall–Kier alpha value is -1.79. The molecule has 1 aromatic heterocycles. The lowest BCUT2D eigenvalue weighted by atomic mass is 9.75. The number of methoxy groups -OCH3 is 1. The maximum atomic E-state index is 10.2. The van der Waals surface area contributed by atoms with Crippen molar-refractivity contribution in [1.82, 2.24) is 9.97 Å². The Balaban J connectivity index is 1.80. The lowest BCUT2D eigenvalue weighted by molar-refractivity contribution is 0.105. The second kappa shape index (κ2) is 8.06. The summed E-state index contributed by atoms with van der Waals surface area (Å²) in [6.45, 7) is 1.93. The molecule has 0 saturated carbocycles. The number of aliphatic hydroxyl groups excluding tert-OH is 1. The molecular formula is C19H25N3O2S. The highest BCUT2D eigenvalue weighted by Crippen LogP contribution is 2.35. The third-order valence-corrected chi connectivity index (χ3v) is 5.40. The van der Waals surface area contributed by atoms with Crippen molar-refractivity contribution in [3.8, 4) is 5.75 Å². The second-order valence-electron chi connectivity index (χ2n) is 6.61. The zero-order valence-electron chi connectivity index (χ0n) is 14.8. The first-order chi connectivity index (χ1) is 12.2. The molecule has 25 heavy (non-hydrogen) atoms. The molecule has 1 fully saturated rings. The fourth-order valence-corrected chi connectivity index (χ4v) is 3.91. The van der Waals surface area contributed by atoms with Gasteiger partial charge in [0, 0.05) is 24.7 Å². The summed E-state index contributed by atoms with van der Waals surface area (Å²) >= 11 is 1.55. The van der Waals surface area contributed by atoms with E-state index in [9.17, 15) is 5.11 Å². The Bertz CT molecular complexity index is 713. The minimum Gasteiger partial charge on any atom is -0.497 e. The minimum absolute atomic E-state index is 0.158. The smallest absolute Gasteiger partial charge is 0.189 e. The highest BCUT2D eigenvalue weighted by atomic mass is 32.2. The average Bonchev–Trinajstić information content (AvgIpc) is 2.68. The van der Waals surface area contributed by atoms with Gasteiger partial charge in [-0.25, -0.2) is 9.97 Å². The van der Waals surface area contributed by atoms with Gasteiger partial charge in [0.25, 0.3) is 0 Å². The fraction of sp³-hybridized carbons (Fsp3) is 0.474. The molecule has 2 heterocycles. The van der Waals surface area contributed by atoms with Crippen molar-refractivity contribution < 1.29 is 9.84 Å². The van der Waals surface area contributed by atoms with Gasteiger partial charge in [-0.2, -0.15) is 0 Å². The van der Waals surface area contributed by atoms with Gasteiger partial charge in [0.2, 0.25) is 0 Å². The fourth-order valence-electron chi connectivity index (χ4n) is 3.55. The summed E-state index contributed by atoms with van der Waals surface area (Å²) in [5.74, 6) is 1.81. The van der Waals surface area contributed by atoms with Crippen LogP contribution in [0, 0.1) is 5.41 Å². The Kier molecular flexibility index (Phi) is 5.81. The third kappa shape index (κ3) is 4.25. The van der Waals surface area contributed by atoms with Gasteiger partial charge < -0.3 is 14.7 Å². The van der Waals surface area contributed by atoms with Crippen LogP contribution in [0.15, 0.2) is 41.7 Å². The van der Waals surface area contributed by atoms with Crippen LogP contribution >= 0.6 is 11.8 Å². The van der Waals surface area contributed by atoms with Crippen LogP contribution in [0.5, 0.6) is 5.75 Å². The van der Waals surface area contributed by atoms with Crippen molar-refractivity contribution in [2.24, 2.45) is 5.41 Å². The van der Waals surface area contributed by atoms with Gasteiger partial charge >= 0.3 is 0 Å². The molecular weight excluding hydrogens is 334 g/mol. The summed E-state index contributed by atoms with van der Waals surface area (Å²) in [4.78, 5) is 11.2. The van der Waals surface area contributed by atoms with Crippen LogP contribution in [0.4, 0.5) is 5.82 Å². The molecule has 0 aliphatic carbocycles. The largest absolute Gasteiger partial charge is 0.497 e. The maximum absolute atomic E-state index is 10.2. The minimum atomic E-state index is -0.158. The molecule has 3 rings (SSSR count). The highest BCUT2D eigenvalue weighted by molar-refractivity contribution is 7.98. The lowest BCUT2D eigenvalue weighted by Crippen LogP contribution is -2.47. The molecule has 0 radical (unpaired) electrons. The van der Waals surface area contributed by atoms with Gasteiger partial charge in [0.15, 0.2) is 5.16 Å². The van der Waals surface area contributed by atoms with E-state index in [2.05, 4.69) is 27.0 Å². The van der Waals surface area contributed by atoms with Crippen LogP contribution in [0.3, 0.4) is 0 Å². The zero-order chi connectivity index (χ0) is 17.7. The molecule has 0 bridgehead atoms. The van der Waals surface area contributed by atoms with Gasteiger partial charge in [-0.3, -0.25) is 0 Å². The van der Waals surface area contributed by atoms with Crippen LogP contribution in [0.25, 0.3) is 0 Å². The van der Waals surface area contributed by atoms with Crippen LogP contribution in [0.2, 0.25) is 0 Å². The number of benzene rings is 1. The van der Waals surface area contributed by atoms with Crippen LogP contribution in [-0.4, -0.2) is 48.1 Å². The van der Waals surface area contributed by atoms with Gasteiger partial charge in [-0.05, 0) is 49.3 Å². The molecule has 134 valence electrons. The van der Waals surface area contributed by atoms with Gasteiger partial charge in [-0.15, -0.1) is 0 Å². The first-order valence-electron chi connectivity index (χ1n) is 8.54. The number of aromatic nitrogens is 2. The van der Waals surface area contributed by atoms with E-state index in [1.165, 1.54) is 5.56 Å². The standard InChI is InChI=1S/C19H25N3O2S/c1-24-16-6-3-5-15(11-16)12-19(14-23)8-4-10-22(13-19)17-7-9-20-18(21-17)25-2/h3,5-7,9,11,23H,4,8,10,12-14H2,1-2H3/t19-/m1/s1. The summed E-state index contributed by atoms with van der Waals surface area (Å²) in [5, 5.41) is 11.0. The summed E-state index contributed by atoms with van der Waals surface area (Å²) < 4.78 is 5.33. The van der Waals surface area contributed by atoms with Gasteiger partial charge in [-0.1, -0.05) is 23.9 Å². The maximum Gasteiger partial charge on any atom is 0.189 e. The van der Waals surface area contributed by atoms with E-state index in [1.807, 2.05) is 30.7 Å². The van der Waals surface area contributed by atoms with Gasteiger partial charge in [0.05, 0.1) is 13.7 Å². The van der Waals surface area contributed by atoms with Crippen molar-refractivity contribution >= 4 is 17.6 Å². The molecule has 5 nitrogen and oxygen atoms in total. The summed E-state index contributed by atoms with van der Waals surface area (Å²) in [5.41, 5.74) is 1.04. The summed E-state index contributed by atoms with van der Waals surface area (Å²) in [6.07, 6.45) is 6.68. The molecule has 0 amide bonds. The first kappa shape index (κ1) is 18.0. The molecule has 1 aliphatic rings. The van der Waals surface area contributed by atoms with E-state index in [-0.39, 0.29) is 12.0 Å². The van der Waals surface area contributed by atoms with E-state index in [0.29, 0.717) is 0 Å². The Morgan fingerprint density at radius 1 is 1.36 bits per heavy atom. The molecule has 1 aliphatic heterocycles. The summed E-state index contributed by atoms with van der Waals surface area (Å²) in [6, 6.07) is 10.1. The van der Waals surface area contributed by atoms with Crippen molar-refractivity contribution in [2.45, 2.75) is 24.4 Å². The van der Waals surface area contributed by atoms with E-state index < -0.39 is 0 Å². The molecule has 1 saturated heterocycles. The van der Waals surface area contributed by atoms with Crippen LogP contribution in [-0.2, 0) is 6.42 Å². The number of ether oxygens (including phenoxy) is 1. The second-order valence-corrected chi connectivity index (χ2v) is 7.39. The van der Waals surface area contributed by atoms with Crippen molar-refractivity contribution in [2.75, 3.05) is 38.0 Å². The van der Waals surface area contributed by atoms with Crippen molar-refractivity contribution in [3.63, 3.8) is 0 Å². The monoisotopic (exact) mass is 359 g/mol. The third-order valence-electron chi connectivity index (χ3n) is 4.84. The van der Waals surface area contributed by atoms with Crippen LogP contribution in [0.1, 0.15) is 18.4 Å². The zero-order valence-corrected chi connectivity index (χ0v) is 15.6. The molecule has 1 atom stereocenters. The highest BCUT2D eigenvalue weighted by Gasteiger charge is 2.35. The van der Waals surface area contributed by atoms with E-state index in [4.69, 9.17) is 4.74 Å². The Morgan fingerprint density at radius 3 is 3.00 bits per heavy atom. The number of thioether (sulfide) groups is 1. The first-order valence-corrected chi connectivity index (χ1v) is 9.76. The number of piperidine rings is 1. The predicted molar refractivity (Wildman–Crippen MR) is 101 cm³/mol. The number of hydrogen-bond donors (Lipinski definition) is 1. The Morgan fingerprint density at radius 2 is 2.24 bits per heavy atom. The SMILES string of the molecule is COc1cccc(C[C@]2(CO)CCCN(c3ccnc(SC)n3)C2)c1. The normalized spacial score (nSPS) is 20.5. The lowest BCUT2D eigenvalue weighted by Gasteiger charge is -2.42. The molecule has 2 aromatic rings. The molecule has 0 spiro atoms. The molecule has 6 heteroatoms. The number of rotatable bonds is 6. The topological polar surface area (TPSA) is 58.5 Å². The average molecular weight is 359 g/mol. The number of aliphatic hydroxyl groups is 1. The van der Waals surface area contributed by atoms with E-state index in [0.717, 1.165) is 49.1 Å². The van der Waals surface area contributed by atoms with Crippen LogP contribution < -0.4 is 9.64 Å². The van der Waals surface area contributed by atoms with E-state index in [1.54, 1.807) is 18.9 Å². The number of nitrogens with zero attached hydrogens (tertiary/aromatic N) is 3. The number of hydrogen-bond acceptors (Lipinski definition) is 6. The van der Waals surface area contributed by atoms with Gasteiger partial charge in [0.1, 0.15) is 11.6 Å². The molecule has 1 aromatic carbocycles.